The molecule has 0 aliphatic carbocycles. The van der Waals surface area contributed by atoms with Crippen molar-refractivity contribution in [1.82, 2.24) is 5.32 Å². The van der Waals surface area contributed by atoms with Crippen LogP contribution in [-0.2, 0) is 9.53 Å². The number of rotatable bonds is 6. The molecule has 0 bridgehead atoms. The fourth-order valence-electron chi connectivity index (χ4n) is 1.61. The van der Waals surface area contributed by atoms with Gasteiger partial charge in [0.25, 0.3) is 0 Å². The average Bonchev–Trinajstić information content (AvgIpc) is 2.36. The lowest BCUT2D eigenvalue weighted by atomic mass is 10.0. The maximum absolute atomic E-state index is 13.6. The molecule has 1 atom stereocenters. The number of nitrogens with one attached hydrogen (secondary N) is 1. The lowest BCUT2D eigenvalue weighted by Gasteiger charge is -2.18. The second-order valence-corrected chi connectivity index (χ2v) is 3.83. The smallest absolute Gasteiger partial charge is 0.246 e. The summed E-state index contributed by atoms with van der Waals surface area (Å²) >= 11 is 0. The maximum Gasteiger partial charge on any atom is 0.246 e. The normalized spacial score (nSPS) is 12.2. The van der Waals surface area contributed by atoms with Crippen molar-refractivity contribution in [3.05, 3.63) is 35.4 Å². The molecule has 1 amide bonds. The average molecular weight is 257 g/mol. The number of halogens is 2. The molecular formula is C13H17F2NO2. The number of ether oxygens (including phenoxy) is 1. The Kier molecular flexibility index (Phi) is 5.71. The van der Waals surface area contributed by atoms with Crippen LogP contribution in [0.4, 0.5) is 8.78 Å². The summed E-state index contributed by atoms with van der Waals surface area (Å²) in [4.78, 5) is 11.5. The van der Waals surface area contributed by atoms with Crippen LogP contribution in [0.25, 0.3) is 0 Å². The van der Waals surface area contributed by atoms with Crippen LogP contribution in [0.1, 0.15) is 31.9 Å². The van der Waals surface area contributed by atoms with Gasteiger partial charge >= 0.3 is 0 Å². The van der Waals surface area contributed by atoms with E-state index < -0.39 is 17.7 Å². The van der Waals surface area contributed by atoms with E-state index in [0.717, 1.165) is 18.2 Å². The summed E-state index contributed by atoms with van der Waals surface area (Å²) < 4.78 is 31.6. The van der Waals surface area contributed by atoms with Gasteiger partial charge in [-0.3, -0.25) is 4.79 Å². The van der Waals surface area contributed by atoms with Crippen molar-refractivity contribution in [2.75, 3.05) is 13.2 Å². The topological polar surface area (TPSA) is 38.3 Å². The Labute approximate surface area is 105 Å². The van der Waals surface area contributed by atoms with Gasteiger partial charge in [0.15, 0.2) is 0 Å². The number of hydrogen-bond acceptors (Lipinski definition) is 2. The van der Waals surface area contributed by atoms with Gasteiger partial charge in [0, 0.05) is 12.2 Å². The third-order valence-electron chi connectivity index (χ3n) is 2.51. The number of benzene rings is 1. The Hall–Kier alpha value is -1.49. The first-order valence-corrected chi connectivity index (χ1v) is 5.90. The lowest BCUT2D eigenvalue weighted by molar-refractivity contribution is -0.126. The molecule has 0 saturated heterocycles. The molecule has 0 aliphatic rings. The van der Waals surface area contributed by atoms with Crippen LogP contribution in [0, 0.1) is 11.6 Å². The van der Waals surface area contributed by atoms with Gasteiger partial charge in [0.05, 0.1) is 6.04 Å². The zero-order valence-corrected chi connectivity index (χ0v) is 10.5. The third kappa shape index (κ3) is 4.07. The number of amides is 1. The van der Waals surface area contributed by atoms with Gasteiger partial charge in [-0.1, -0.05) is 6.92 Å². The number of carbonyl (C=O) groups excluding carboxylic acids is 1. The summed E-state index contributed by atoms with van der Waals surface area (Å²) in [5, 5.41) is 2.62. The van der Waals surface area contributed by atoms with Gasteiger partial charge < -0.3 is 10.1 Å². The van der Waals surface area contributed by atoms with Gasteiger partial charge in [-0.25, -0.2) is 8.78 Å². The van der Waals surface area contributed by atoms with E-state index in [2.05, 4.69) is 5.32 Å². The Balaban J connectivity index is 2.76. The quantitative estimate of drug-likeness (QED) is 0.850. The molecule has 0 radical (unpaired) electrons. The molecule has 0 fully saturated rings. The van der Waals surface area contributed by atoms with Crippen LogP contribution in [0.15, 0.2) is 18.2 Å². The van der Waals surface area contributed by atoms with Crippen LogP contribution < -0.4 is 5.32 Å². The van der Waals surface area contributed by atoms with Crippen molar-refractivity contribution in [2.45, 2.75) is 26.3 Å². The molecule has 5 heteroatoms. The molecule has 1 unspecified atom stereocenters. The minimum Gasteiger partial charge on any atom is -0.372 e. The molecule has 3 nitrogen and oxygen atoms in total. The monoisotopic (exact) mass is 257 g/mol. The van der Waals surface area contributed by atoms with Crippen molar-refractivity contribution < 1.29 is 18.3 Å². The number of hydrogen-bond donors (Lipinski definition) is 1. The summed E-state index contributed by atoms with van der Waals surface area (Å²) in [6, 6.07) is 2.66. The van der Waals surface area contributed by atoms with E-state index in [0.29, 0.717) is 13.0 Å². The van der Waals surface area contributed by atoms with E-state index in [1.54, 1.807) is 13.8 Å². The van der Waals surface area contributed by atoms with Gasteiger partial charge in [-0.2, -0.15) is 0 Å². The van der Waals surface area contributed by atoms with Crippen LogP contribution >= 0.6 is 0 Å². The van der Waals surface area contributed by atoms with E-state index >= 15 is 0 Å². The summed E-state index contributed by atoms with van der Waals surface area (Å²) in [5.74, 6) is -1.39. The summed E-state index contributed by atoms with van der Waals surface area (Å²) in [7, 11) is 0. The van der Waals surface area contributed by atoms with E-state index in [9.17, 15) is 13.6 Å². The molecule has 18 heavy (non-hydrogen) atoms. The first kappa shape index (κ1) is 14.6. The maximum atomic E-state index is 13.6. The minimum atomic E-state index is -0.548. The van der Waals surface area contributed by atoms with E-state index in [1.165, 1.54) is 0 Å². The third-order valence-corrected chi connectivity index (χ3v) is 2.51. The standard InChI is InChI=1S/C13H17F2NO2/c1-3-12(16-13(17)8-18-4-2)10-7-9(14)5-6-11(10)15/h5-7,12H,3-4,8H2,1-2H3,(H,16,17). The molecule has 0 aromatic heterocycles. The summed E-state index contributed by atoms with van der Waals surface area (Å²) in [6.45, 7) is 3.91. The summed E-state index contributed by atoms with van der Waals surface area (Å²) in [6.07, 6.45) is 0.470. The van der Waals surface area contributed by atoms with Crippen molar-refractivity contribution in [1.29, 1.82) is 0 Å². The predicted octanol–water partition coefficient (Wildman–Crippen LogP) is 2.57. The molecule has 1 aromatic rings. The molecule has 0 saturated carbocycles. The predicted molar refractivity (Wildman–Crippen MR) is 64.0 cm³/mol. The first-order valence-electron chi connectivity index (χ1n) is 5.90. The van der Waals surface area contributed by atoms with Gasteiger partial charge in [-0.05, 0) is 31.5 Å². The fraction of sp³-hybridized carbons (Fsp3) is 0.462. The van der Waals surface area contributed by atoms with Crippen LogP contribution in [0.3, 0.4) is 0 Å². The highest BCUT2D eigenvalue weighted by Crippen LogP contribution is 2.21. The van der Waals surface area contributed by atoms with Crippen LogP contribution in [0.5, 0.6) is 0 Å². The van der Waals surface area contributed by atoms with Crippen LogP contribution in [0.2, 0.25) is 0 Å². The molecule has 0 heterocycles. The Morgan fingerprint density at radius 2 is 2.11 bits per heavy atom. The van der Waals surface area contributed by atoms with E-state index in [4.69, 9.17) is 4.74 Å². The van der Waals surface area contributed by atoms with Gasteiger partial charge in [0.1, 0.15) is 18.2 Å². The molecule has 0 aliphatic heterocycles. The van der Waals surface area contributed by atoms with Crippen molar-refractivity contribution >= 4 is 5.91 Å². The highest BCUT2D eigenvalue weighted by Gasteiger charge is 2.17. The molecular weight excluding hydrogens is 240 g/mol. The molecule has 1 aromatic carbocycles. The Bertz CT molecular complexity index is 410. The van der Waals surface area contributed by atoms with Crippen molar-refractivity contribution in [3.63, 3.8) is 0 Å². The first-order chi connectivity index (χ1) is 8.58. The molecule has 1 N–H and O–H groups in total. The highest BCUT2D eigenvalue weighted by molar-refractivity contribution is 5.77. The van der Waals surface area contributed by atoms with E-state index in [1.807, 2.05) is 0 Å². The molecule has 0 spiro atoms. The zero-order chi connectivity index (χ0) is 13.5. The van der Waals surface area contributed by atoms with Crippen molar-refractivity contribution in [3.8, 4) is 0 Å². The zero-order valence-electron chi connectivity index (χ0n) is 10.5. The fourth-order valence-corrected chi connectivity index (χ4v) is 1.61. The van der Waals surface area contributed by atoms with Gasteiger partial charge in [-0.15, -0.1) is 0 Å². The SMILES string of the molecule is CCOCC(=O)NC(CC)c1cc(F)ccc1F. The Morgan fingerprint density at radius 1 is 1.39 bits per heavy atom. The molecule has 100 valence electrons. The summed E-state index contributed by atoms with van der Waals surface area (Å²) in [5.41, 5.74) is 0.155. The second kappa shape index (κ2) is 7.06. The largest absolute Gasteiger partial charge is 0.372 e. The van der Waals surface area contributed by atoms with Crippen molar-refractivity contribution in [2.24, 2.45) is 0 Å². The minimum absolute atomic E-state index is 0.0794. The highest BCUT2D eigenvalue weighted by atomic mass is 19.1. The van der Waals surface area contributed by atoms with E-state index in [-0.39, 0.29) is 18.1 Å². The molecule has 1 rings (SSSR count). The van der Waals surface area contributed by atoms with Gasteiger partial charge in [0.2, 0.25) is 5.91 Å². The lowest BCUT2D eigenvalue weighted by Crippen LogP contribution is -2.32. The Morgan fingerprint density at radius 3 is 2.72 bits per heavy atom. The second-order valence-electron chi connectivity index (χ2n) is 3.83. The number of carbonyl (C=O) groups is 1. The van der Waals surface area contributed by atoms with Crippen LogP contribution in [-0.4, -0.2) is 19.1 Å².